The number of ether oxygens (including phenoxy) is 2. The van der Waals surface area contributed by atoms with Crippen LogP contribution in [0.3, 0.4) is 0 Å². The number of likely N-dealkylation sites (tertiary alicyclic amines) is 1. The molecule has 1 amide bonds. The molecule has 1 aromatic carbocycles. The Morgan fingerprint density at radius 3 is 2.76 bits per heavy atom. The van der Waals surface area contributed by atoms with Crippen molar-refractivity contribution in [3.8, 4) is 22.8 Å². The molecule has 1 atom stereocenters. The molecule has 0 saturated carbocycles. The zero-order valence-electron chi connectivity index (χ0n) is 17.1. The summed E-state index contributed by atoms with van der Waals surface area (Å²) in [5.74, 6) is 1.53. The first kappa shape index (κ1) is 19.5. The molecule has 1 aliphatic rings. The summed E-state index contributed by atoms with van der Waals surface area (Å²) in [5.41, 5.74) is 3.57. The van der Waals surface area contributed by atoms with Crippen LogP contribution in [-0.4, -0.2) is 41.1 Å². The maximum atomic E-state index is 13.4. The van der Waals surface area contributed by atoms with Gasteiger partial charge in [-0.3, -0.25) is 4.79 Å². The zero-order chi connectivity index (χ0) is 20.5. The van der Waals surface area contributed by atoms with Gasteiger partial charge in [-0.05, 0) is 38.0 Å². The monoisotopic (exact) mass is 411 g/mol. The molecule has 0 N–H and O–H groups in total. The third-order valence-corrected chi connectivity index (χ3v) is 6.23. The van der Waals surface area contributed by atoms with Crippen molar-refractivity contribution in [2.75, 3.05) is 20.8 Å². The summed E-state index contributed by atoms with van der Waals surface area (Å²) >= 11 is 1.61. The van der Waals surface area contributed by atoms with Gasteiger partial charge >= 0.3 is 0 Å². The first-order valence-corrected chi connectivity index (χ1v) is 10.5. The molecular weight excluding hydrogens is 386 g/mol. The van der Waals surface area contributed by atoms with E-state index in [4.69, 9.17) is 9.47 Å². The second-order valence-corrected chi connectivity index (χ2v) is 8.30. The molecule has 1 saturated heterocycles. The quantitative estimate of drug-likeness (QED) is 0.622. The number of thiazole rings is 1. The van der Waals surface area contributed by atoms with Gasteiger partial charge in [-0.2, -0.15) is 0 Å². The van der Waals surface area contributed by atoms with Crippen molar-refractivity contribution in [1.29, 1.82) is 0 Å². The number of aromatic nitrogens is 2. The molecule has 7 heteroatoms. The molecule has 0 radical (unpaired) electrons. The fourth-order valence-electron chi connectivity index (χ4n) is 3.99. The smallest absolute Gasteiger partial charge is 0.271 e. The van der Waals surface area contributed by atoms with Crippen LogP contribution in [0, 0.1) is 6.92 Å². The third-order valence-electron chi connectivity index (χ3n) is 5.45. The first-order valence-electron chi connectivity index (χ1n) is 9.63. The number of aryl methyl sites for hydroxylation is 2. The molecule has 6 nitrogen and oxygen atoms in total. The largest absolute Gasteiger partial charge is 0.497 e. The number of amides is 1. The molecule has 1 unspecified atom stereocenters. The van der Waals surface area contributed by atoms with E-state index in [2.05, 4.69) is 4.98 Å². The van der Waals surface area contributed by atoms with Crippen molar-refractivity contribution in [1.82, 2.24) is 14.5 Å². The van der Waals surface area contributed by atoms with Gasteiger partial charge in [-0.25, -0.2) is 4.98 Å². The Kier molecular flexibility index (Phi) is 5.32. The molecule has 4 rings (SSSR count). The summed E-state index contributed by atoms with van der Waals surface area (Å²) in [6.07, 6.45) is 3.85. The maximum Gasteiger partial charge on any atom is 0.271 e. The first-order chi connectivity index (χ1) is 14.0. The van der Waals surface area contributed by atoms with E-state index in [9.17, 15) is 4.79 Å². The van der Waals surface area contributed by atoms with Gasteiger partial charge in [0.1, 0.15) is 17.2 Å². The Bertz CT molecular complexity index is 1040. The average molecular weight is 412 g/mol. The Morgan fingerprint density at radius 2 is 2.07 bits per heavy atom. The van der Waals surface area contributed by atoms with Crippen LogP contribution in [0.2, 0.25) is 0 Å². The topological polar surface area (TPSA) is 56.6 Å². The minimum Gasteiger partial charge on any atom is -0.497 e. The SMILES string of the molecule is COc1ccc(C2CCCN2C(=O)c2cc(-c3csc(C)n3)cn2C)c(OC)c1. The van der Waals surface area contributed by atoms with Gasteiger partial charge in [-0.1, -0.05) is 0 Å². The van der Waals surface area contributed by atoms with Crippen molar-refractivity contribution < 1.29 is 14.3 Å². The number of hydrogen-bond acceptors (Lipinski definition) is 5. The Labute approximate surface area is 174 Å². The molecule has 152 valence electrons. The normalized spacial score (nSPS) is 16.3. The van der Waals surface area contributed by atoms with Crippen LogP contribution in [0.5, 0.6) is 11.5 Å². The van der Waals surface area contributed by atoms with Crippen molar-refractivity contribution in [3.05, 3.63) is 52.1 Å². The molecule has 0 spiro atoms. The summed E-state index contributed by atoms with van der Waals surface area (Å²) in [6.45, 7) is 2.72. The molecular formula is C22H25N3O3S. The van der Waals surface area contributed by atoms with Gasteiger partial charge in [0.15, 0.2) is 0 Å². The lowest BCUT2D eigenvalue weighted by Gasteiger charge is -2.26. The van der Waals surface area contributed by atoms with E-state index in [1.165, 1.54) is 0 Å². The van der Waals surface area contributed by atoms with E-state index in [-0.39, 0.29) is 11.9 Å². The second kappa shape index (κ2) is 7.91. The van der Waals surface area contributed by atoms with Crippen LogP contribution in [0.4, 0.5) is 0 Å². The number of carbonyl (C=O) groups excluding carboxylic acids is 1. The van der Waals surface area contributed by atoms with Crippen LogP contribution >= 0.6 is 11.3 Å². The van der Waals surface area contributed by atoms with E-state index in [0.29, 0.717) is 5.69 Å². The summed E-state index contributed by atoms with van der Waals surface area (Å²) in [7, 11) is 5.20. The standard InChI is InChI=1S/C22H25N3O3S/c1-14-23-18(13-29-14)15-10-20(24(2)12-15)22(26)25-9-5-6-19(25)17-8-7-16(27-3)11-21(17)28-4/h7-8,10-13,19H,5-6,9H2,1-4H3. The number of nitrogens with zero attached hydrogens (tertiary/aromatic N) is 3. The van der Waals surface area contributed by atoms with Gasteiger partial charge in [0.25, 0.3) is 5.91 Å². The highest BCUT2D eigenvalue weighted by Gasteiger charge is 2.33. The average Bonchev–Trinajstić information content (AvgIpc) is 3.46. The maximum absolute atomic E-state index is 13.4. The Morgan fingerprint density at radius 1 is 1.24 bits per heavy atom. The van der Waals surface area contributed by atoms with Crippen molar-refractivity contribution in [2.45, 2.75) is 25.8 Å². The highest BCUT2D eigenvalue weighted by atomic mass is 32.1. The molecule has 1 aliphatic heterocycles. The van der Waals surface area contributed by atoms with Crippen LogP contribution in [-0.2, 0) is 7.05 Å². The summed E-state index contributed by atoms with van der Waals surface area (Å²) in [5, 5.41) is 3.04. The third kappa shape index (κ3) is 3.62. The van der Waals surface area contributed by atoms with E-state index in [1.54, 1.807) is 25.6 Å². The number of benzene rings is 1. The van der Waals surface area contributed by atoms with Gasteiger partial charge in [0, 0.05) is 42.4 Å². The van der Waals surface area contributed by atoms with Crippen LogP contribution in [0.1, 0.15) is 39.9 Å². The molecule has 3 heterocycles. The van der Waals surface area contributed by atoms with Crippen molar-refractivity contribution in [3.63, 3.8) is 0 Å². The summed E-state index contributed by atoms with van der Waals surface area (Å²) < 4.78 is 12.8. The molecule has 29 heavy (non-hydrogen) atoms. The molecule has 0 aliphatic carbocycles. The lowest BCUT2D eigenvalue weighted by Crippen LogP contribution is -2.32. The molecule has 0 bridgehead atoms. The Balaban J connectivity index is 1.64. The predicted molar refractivity (Wildman–Crippen MR) is 114 cm³/mol. The number of hydrogen-bond donors (Lipinski definition) is 0. The van der Waals surface area contributed by atoms with E-state index < -0.39 is 0 Å². The van der Waals surface area contributed by atoms with Crippen molar-refractivity contribution >= 4 is 17.2 Å². The number of methoxy groups -OCH3 is 2. The van der Waals surface area contributed by atoms with Gasteiger partial charge < -0.3 is 18.9 Å². The molecule has 1 fully saturated rings. The van der Waals surface area contributed by atoms with Crippen molar-refractivity contribution in [2.24, 2.45) is 7.05 Å². The second-order valence-electron chi connectivity index (χ2n) is 7.24. The fraction of sp³-hybridized carbons (Fsp3) is 0.364. The van der Waals surface area contributed by atoms with Crippen LogP contribution in [0.15, 0.2) is 35.8 Å². The van der Waals surface area contributed by atoms with Gasteiger partial charge in [0.05, 0.1) is 31.0 Å². The lowest BCUT2D eigenvalue weighted by atomic mass is 10.0. The van der Waals surface area contributed by atoms with Crippen LogP contribution < -0.4 is 9.47 Å². The summed E-state index contributed by atoms with van der Waals surface area (Å²) in [4.78, 5) is 19.9. The number of carbonyl (C=O) groups is 1. The van der Waals surface area contributed by atoms with Gasteiger partial charge in [-0.15, -0.1) is 11.3 Å². The van der Waals surface area contributed by atoms with E-state index in [0.717, 1.165) is 52.7 Å². The minimum atomic E-state index is -0.0109. The Hall–Kier alpha value is -2.80. The highest BCUT2D eigenvalue weighted by Crippen LogP contribution is 2.39. The summed E-state index contributed by atoms with van der Waals surface area (Å²) in [6, 6.07) is 7.73. The fourth-order valence-corrected chi connectivity index (χ4v) is 4.61. The lowest BCUT2D eigenvalue weighted by molar-refractivity contribution is 0.0724. The highest BCUT2D eigenvalue weighted by molar-refractivity contribution is 7.09. The minimum absolute atomic E-state index is 0.0109. The zero-order valence-corrected chi connectivity index (χ0v) is 18.0. The van der Waals surface area contributed by atoms with E-state index in [1.807, 2.05) is 59.3 Å². The van der Waals surface area contributed by atoms with Crippen LogP contribution in [0.25, 0.3) is 11.3 Å². The number of rotatable bonds is 5. The van der Waals surface area contributed by atoms with E-state index >= 15 is 0 Å². The predicted octanol–water partition coefficient (Wildman–Crippen LogP) is 4.45. The molecule has 2 aromatic heterocycles. The molecule has 3 aromatic rings. The van der Waals surface area contributed by atoms with Gasteiger partial charge in [0.2, 0.25) is 0 Å².